The second-order valence-electron chi connectivity index (χ2n) is 6.13. The molecule has 24 heavy (non-hydrogen) atoms. The summed E-state index contributed by atoms with van der Waals surface area (Å²) in [6.45, 7) is 0.941. The molecule has 1 aliphatic heterocycles. The van der Waals surface area contributed by atoms with Gasteiger partial charge in [0.25, 0.3) is 0 Å². The van der Waals surface area contributed by atoms with Crippen molar-refractivity contribution in [2.45, 2.75) is 13.0 Å². The minimum atomic E-state index is -0.411. The van der Waals surface area contributed by atoms with Crippen molar-refractivity contribution in [3.05, 3.63) is 71.8 Å². The van der Waals surface area contributed by atoms with Gasteiger partial charge in [-0.2, -0.15) is 0 Å². The minimum absolute atomic E-state index is 0.0260. The first-order valence-electron chi connectivity index (χ1n) is 8.13. The molecule has 3 rings (SSSR count). The van der Waals surface area contributed by atoms with Crippen LogP contribution in [0, 0.1) is 11.8 Å². The average molecular weight is 323 g/mol. The first-order valence-corrected chi connectivity index (χ1v) is 8.13. The lowest BCUT2D eigenvalue weighted by Crippen LogP contribution is -2.28. The smallest absolute Gasteiger partial charge is 0.311 e. The fourth-order valence-electron chi connectivity index (χ4n) is 3.30. The number of carbonyl (C=O) groups is 2. The van der Waals surface area contributed by atoms with E-state index in [-0.39, 0.29) is 17.8 Å². The van der Waals surface area contributed by atoms with Crippen LogP contribution in [-0.2, 0) is 27.3 Å². The molecule has 2 unspecified atom stereocenters. The third kappa shape index (κ3) is 3.48. The number of nitrogens with zero attached hydrogens (tertiary/aromatic N) is 1. The predicted octanol–water partition coefficient (Wildman–Crippen LogP) is 2.68. The van der Waals surface area contributed by atoms with Crippen molar-refractivity contribution in [3.63, 3.8) is 0 Å². The van der Waals surface area contributed by atoms with Gasteiger partial charge >= 0.3 is 5.97 Å². The zero-order valence-corrected chi connectivity index (χ0v) is 13.7. The Labute approximate surface area is 142 Å². The molecule has 1 amide bonds. The van der Waals surface area contributed by atoms with Crippen LogP contribution in [0.1, 0.15) is 11.1 Å². The van der Waals surface area contributed by atoms with Crippen molar-refractivity contribution < 1.29 is 14.3 Å². The number of ether oxygens (including phenoxy) is 1. The van der Waals surface area contributed by atoms with Crippen molar-refractivity contribution in [1.82, 2.24) is 4.90 Å². The standard InChI is InChI=1S/C20H21NO3/c1-24-20(23)18-14-21(13-16-10-6-3-7-11-16)19(22)17(18)12-15-8-4-2-5-9-15/h2-11,17-18H,12-14H2,1H3. The van der Waals surface area contributed by atoms with Gasteiger partial charge in [0, 0.05) is 13.1 Å². The topological polar surface area (TPSA) is 46.6 Å². The van der Waals surface area contributed by atoms with E-state index in [0.29, 0.717) is 19.5 Å². The zero-order valence-electron chi connectivity index (χ0n) is 13.7. The van der Waals surface area contributed by atoms with Gasteiger partial charge in [0.1, 0.15) is 0 Å². The van der Waals surface area contributed by atoms with Gasteiger partial charge in [0.15, 0.2) is 0 Å². The van der Waals surface area contributed by atoms with E-state index in [2.05, 4.69) is 0 Å². The Hall–Kier alpha value is -2.62. The van der Waals surface area contributed by atoms with Gasteiger partial charge in [-0.25, -0.2) is 0 Å². The van der Waals surface area contributed by atoms with Crippen LogP contribution in [0.2, 0.25) is 0 Å². The number of esters is 1. The molecule has 124 valence electrons. The highest BCUT2D eigenvalue weighted by Gasteiger charge is 2.44. The fraction of sp³-hybridized carbons (Fsp3) is 0.300. The van der Waals surface area contributed by atoms with Crippen molar-refractivity contribution in [2.24, 2.45) is 11.8 Å². The van der Waals surface area contributed by atoms with Gasteiger partial charge in [-0.05, 0) is 17.5 Å². The highest BCUT2D eigenvalue weighted by molar-refractivity contribution is 5.89. The van der Waals surface area contributed by atoms with Crippen molar-refractivity contribution >= 4 is 11.9 Å². The minimum Gasteiger partial charge on any atom is -0.469 e. The molecule has 0 N–H and O–H groups in total. The summed E-state index contributed by atoms with van der Waals surface area (Å²) in [4.78, 5) is 26.8. The van der Waals surface area contributed by atoms with Gasteiger partial charge in [0.05, 0.1) is 18.9 Å². The van der Waals surface area contributed by atoms with Crippen LogP contribution in [0.4, 0.5) is 0 Å². The van der Waals surface area contributed by atoms with Crippen LogP contribution in [0.25, 0.3) is 0 Å². The van der Waals surface area contributed by atoms with Gasteiger partial charge in [-0.1, -0.05) is 60.7 Å². The Balaban J connectivity index is 1.79. The van der Waals surface area contributed by atoms with Gasteiger partial charge in [0.2, 0.25) is 5.91 Å². The highest BCUT2D eigenvalue weighted by Crippen LogP contribution is 2.30. The predicted molar refractivity (Wildman–Crippen MR) is 91.0 cm³/mol. The molecule has 2 atom stereocenters. The second-order valence-corrected chi connectivity index (χ2v) is 6.13. The summed E-state index contributed by atoms with van der Waals surface area (Å²) in [7, 11) is 1.38. The SMILES string of the molecule is COC(=O)C1CN(Cc2ccccc2)C(=O)C1Cc1ccccc1. The maximum Gasteiger partial charge on any atom is 0.311 e. The Morgan fingerprint density at radius 3 is 2.21 bits per heavy atom. The lowest BCUT2D eigenvalue weighted by molar-refractivity contribution is -0.147. The molecule has 1 saturated heterocycles. The van der Waals surface area contributed by atoms with E-state index >= 15 is 0 Å². The van der Waals surface area contributed by atoms with Crippen molar-refractivity contribution in [2.75, 3.05) is 13.7 Å². The maximum absolute atomic E-state index is 12.9. The largest absolute Gasteiger partial charge is 0.469 e. The second kappa shape index (κ2) is 7.30. The van der Waals surface area contributed by atoms with Crippen LogP contribution in [0.3, 0.4) is 0 Å². The highest BCUT2D eigenvalue weighted by atomic mass is 16.5. The van der Waals surface area contributed by atoms with E-state index in [1.54, 1.807) is 4.90 Å². The number of rotatable bonds is 5. The molecule has 0 aliphatic carbocycles. The molecule has 0 spiro atoms. The molecule has 0 saturated carbocycles. The Morgan fingerprint density at radius 1 is 1.04 bits per heavy atom. The molecule has 2 aromatic rings. The normalized spacial score (nSPS) is 20.2. The lowest BCUT2D eigenvalue weighted by atomic mass is 9.89. The van der Waals surface area contributed by atoms with Gasteiger partial charge in [-0.15, -0.1) is 0 Å². The first kappa shape index (κ1) is 16.2. The summed E-state index contributed by atoms with van der Waals surface area (Å²) in [5.74, 6) is -1.05. The number of likely N-dealkylation sites (tertiary alicyclic amines) is 1. The molecule has 0 radical (unpaired) electrons. The molecule has 1 fully saturated rings. The van der Waals surface area contributed by atoms with Crippen molar-refractivity contribution in [3.8, 4) is 0 Å². The number of hydrogen-bond acceptors (Lipinski definition) is 3. The number of amides is 1. The summed E-state index contributed by atoms with van der Waals surface area (Å²) >= 11 is 0. The summed E-state index contributed by atoms with van der Waals surface area (Å²) in [5.41, 5.74) is 2.13. The van der Waals surface area contributed by atoms with Gasteiger partial charge in [-0.3, -0.25) is 9.59 Å². The first-order chi connectivity index (χ1) is 11.7. The van der Waals surface area contributed by atoms with E-state index in [9.17, 15) is 9.59 Å². The van der Waals surface area contributed by atoms with Crippen LogP contribution >= 0.6 is 0 Å². The summed E-state index contributed by atoms with van der Waals surface area (Å²) in [5, 5.41) is 0. The van der Waals surface area contributed by atoms with E-state index in [4.69, 9.17) is 4.74 Å². The maximum atomic E-state index is 12.9. The lowest BCUT2D eigenvalue weighted by Gasteiger charge is -2.16. The molecular weight excluding hydrogens is 302 g/mol. The Morgan fingerprint density at radius 2 is 1.62 bits per heavy atom. The molecule has 1 heterocycles. The number of methoxy groups -OCH3 is 1. The summed E-state index contributed by atoms with van der Waals surface area (Å²) < 4.78 is 4.93. The van der Waals surface area contributed by atoms with Crippen LogP contribution < -0.4 is 0 Å². The Kier molecular flexibility index (Phi) is 4.94. The van der Waals surface area contributed by atoms with Crippen molar-refractivity contribution in [1.29, 1.82) is 0 Å². The van der Waals surface area contributed by atoms with E-state index in [0.717, 1.165) is 11.1 Å². The quantitative estimate of drug-likeness (QED) is 0.795. The number of benzene rings is 2. The van der Waals surface area contributed by atoms with E-state index in [1.165, 1.54) is 7.11 Å². The molecule has 4 nitrogen and oxygen atoms in total. The third-order valence-electron chi connectivity index (χ3n) is 4.55. The number of hydrogen-bond donors (Lipinski definition) is 0. The fourth-order valence-corrected chi connectivity index (χ4v) is 3.30. The molecule has 1 aliphatic rings. The zero-order chi connectivity index (χ0) is 16.9. The summed E-state index contributed by atoms with van der Waals surface area (Å²) in [6.07, 6.45) is 0.560. The Bertz CT molecular complexity index is 699. The van der Waals surface area contributed by atoms with Gasteiger partial charge < -0.3 is 9.64 Å². The molecule has 0 bridgehead atoms. The monoisotopic (exact) mass is 323 g/mol. The van der Waals surface area contributed by atoms with Crippen LogP contribution in [0.5, 0.6) is 0 Å². The molecule has 0 aromatic heterocycles. The summed E-state index contributed by atoms with van der Waals surface area (Å²) in [6, 6.07) is 19.7. The third-order valence-corrected chi connectivity index (χ3v) is 4.55. The van der Waals surface area contributed by atoms with Crippen LogP contribution in [0.15, 0.2) is 60.7 Å². The van der Waals surface area contributed by atoms with E-state index < -0.39 is 5.92 Å². The molecule has 4 heteroatoms. The molecule has 2 aromatic carbocycles. The van der Waals surface area contributed by atoms with Crippen LogP contribution in [-0.4, -0.2) is 30.4 Å². The number of carbonyl (C=O) groups excluding carboxylic acids is 2. The average Bonchev–Trinajstić information content (AvgIpc) is 2.92. The van der Waals surface area contributed by atoms with E-state index in [1.807, 2.05) is 60.7 Å². The molecular formula is C20H21NO3.